The van der Waals surface area contributed by atoms with Crippen molar-refractivity contribution in [3.05, 3.63) is 60.2 Å². The number of hydrogen-bond donors (Lipinski definition) is 1. The van der Waals surface area contributed by atoms with Crippen molar-refractivity contribution in [1.82, 2.24) is 5.32 Å². The Morgan fingerprint density at radius 1 is 1.05 bits per heavy atom. The zero-order chi connectivity index (χ0) is 15.5. The van der Waals surface area contributed by atoms with E-state index in [1.54, 1.807) is 12.1 Å². The van der Waals surface area contributed by atoms with Crippen LogP contribution in [0.25, 0.3) is 0 Å². The molecule has 0 aliphatic carbocycles. The second-order valence-corrected chi connectivity index (χ2v) is 5.06. The number of para-hydroxylation sites is 1. The Balaban J connectivity index is 1.88. The fourth-order valence-corrected chi connectivity index (χ4v) is 2.27. The van der Waals surface area contributed by atoms with Crippen LogP contribution in [0.3, 0.4) is 0 Å². The van der Waals surface area contributed by atoms with Crippen molar-refractivity contribution in [2.24, 2.45) is 4.99 Å². The van der Waals surface area contributed by atoms with E-state index in [1.165, 1.54) is 11.1 Å². The summed E-state index contributed by atoms with van der Waals surface area (Å²) in [5, 5.41) is 2.32. The van der Waals surface area contributed by atoms with Crippen LogP contribution in [0.2, 0.25) is 0 Å². The summed E-state index contributed by atoms with van der Waals surface area (Å²) in [6, 6.07) is 15.5. The fourth-order valence-electron chi connectivity index (χ4n) is 2.27. The van der Waals surface area contributed by atoms with Crippen molar-refractivity contribution in [2.75, 3.05) is 4.90 Å². The van der Waals surface area contributed by atoms with Crippen LogP contribution in [0.15, 0.2) is 59.6 Å². The van der Waals surface area contributed by atoms with Crippen LogP contribution in [-0.4, -0.2) is 24.2 Å². The molecule has 3 rings (SSSR count). The molecule has 1 atom stereocenters. The van der Waals surface area contributed by atoms with Gasteiger partial charge in [0.25, 0.3) is 5.91 Å². The molecule has 0 aromatic heterocycles. The van der Waals surface area contributed by atoms with E-state index in [0.29, 0.717) is 5.69 Å². The Hall–Kier alpha value is -2.95. The third-order valence-electron chi connectivity index (χ3n) is 3.43. The number of aliphatic imine (C=N–C) groups is 1. The molecule has 1 aliphatic rings. The number of anilines is 1. The molecule has 0 saturated carbocycles. The number of amides is 3. The van der Waals surface area contributed by atoms with Crippen molar-refractivity contribution in [3.63, 3.8) is 0 Å². The number of benzene rings is 2. The maximum atomic E-state index is 12.0. The van der Waals surface area contributed by atoms with Crippen LogP contribution in [0.5, 0.6) is 0 Å². The quantitative estimate of drug-likeness (QED) is 0.698. The molecule has 22 heavy (non-hydrogen) atoms. The summed E-state index contributed by atoms with van der Waals surface area (Å²) in [5.74, 6) is -0.371. The van der Waals surface area contributed by atoms with Gasteiger partial charge in [-0.25, -0.2) is 4.79 Å². The first-order valence-electron chi connectivity index (χ1n) is 6.95. The highest BCUT2D eigenvalue weighted by Gasteiger charge is 2.38. The van der Waals surface area contributed by atoms with E-state index in [0.717, 1.165) is 11.3 Å². The van der Waals surface area contributed by atoms with Gasteiger partial charge in [-0.2, -0.15) is 0 Å². The maximum absolute atomic E-state index is 12.0. The van der Waals surface area contributed by atoms with Crippen LogP contribution >= 0.6 is 0 Å². The summed E-state index contributed by atoms with van der Waals surface area (Å²) >= 11 is 0. The van der Waals surface area contributed by atoms with E-state index < -0.39 is 12.1 Å². The van der Waals surface area contributed by atoms with Crippen molar-refractivity contribution in [2.45, 2.75) is 13.0 Å². The van der Waals surface area contributed by atoms with E-state index in [-0.39, 0.29) is 5.91 Å². The fraction of sp³-hybridized carbons (Fsp3) is 0.118. The topological polar surface area (TPSA) is 61.8 Å². The molecule has 0 unspecified atom stereocenters. The van der Waals surface area contributed by atoms with Gasteiger partial charge in [0.15, 0.2) is 6.04 Å². The first kappa shape index (κ1) is 14.0. The number of urea groups is 1. The number of carbonyl (C=O) groups is 2. The lowest BCUT2D eigenvalue weighted by Crippen LogP contribution is -2.36. The largest absolute Gasteiger partial charge is 0.329 e. The van der Waals surface area contributed by atoms with Crippen LogP contribution in [0.1, 0.15) is 5.56 Å². The molecule has 5 heteroatoms. The van der Waals surface area contributed by atoms with Gasteiger partial charge in [0.2, 0.25) is 0 Å². The van der Waals surface area contributed by atoms with Crippen LogP contribution in [0, 0.1) is 6.92 Å². The molecular weight excluding hydrogens is 278 g/mol. The summed E-state index contributed by atoms with van der Waals surface area (Å²) in [5.41, 5.74) is 2.54. The molecule has 3 amide bonds. The Morgan fingerprint density at radius 3 is 2.41 bits per heavy atom. The van der Waals surface area contributed by atoms with E-state index in [2.05, 4.69) is 10.3 Å². The van der Waals surface area contributed by atoms with E-state index >= 15 is 0 Å². The predicted octanol–water partition coefficient (Wildman–Crippen LogP) is 2.82. The molecule has 0 bridgehead atoms. The minimum Gasteiger partial charge on any atom is -0.277 e. The monoisotopic (exact) mass is 293 g/mol. The third-order valence-corrected chi connectivity index (χ3v) is 3.43. The molecule has 2 aromatic carbocycles. The number of imide groups is 1. The average molecular weight is 293 g/mol. The summed E-state index contributed by atoms with van der Waals surface area (Å²) in [6.07, 6.45) is 1.50. The van der Waals surface area contributed by atoms with Gasteiger partial charge in [-0.3, -0.25) is 20.0 Å². The zero-order valence-corrected chi connectivity index (χ0v) is 12.1. The predicted molar refractivity (Wildman–Crippen MR) is 85.6 cm³/mol. The van der Waals surface area contributed by atoms with Gasteiger partial charge in [-0.05, 0) is 31.2 Å². The molecule has 0 radical (unpaired) electrons. The Bertz CT molecular complexity index is 723. The van der Waals surface area contributed by atoms with Gasteiger partial charge in [0.05, 0.1) is 5.69 Å². The van der Waals surface area contributed by atoms with Crippen molar-refractivity contribution >= 4 is 29.5 Å². The summed E-state index contributed by atoms with van der Waals surface area (Å²) in [7, 11) is 0. The second kappa shape index (κ2) is 5.81. The summed E-state index contributed by atoms with van der Waals surface area (Å²) < 4.78 is 0. The van der Waals surface area contributed by atoms with Crippen LogP contribution in [-0.2, 0) is 4.79 Å². The average Bonchev–Trinajstić information content (AvgIpc) is 2.81. The van der Waals surface area contributed by atoms with Crippen LogP contribution < -0.4 is 10.2 Å². The molecule has 1 saturated heterocycles. The van der Waals surface area contributed by atoms with Gasteiger partial charge >= 0.3 is 6.03 Å². The molecule has 0 spiro atoms. The SMILES string of the molecule is Cc1ccc(N=C[C@@H]2C(=O)NC(=O)N2c2ccccc2)cc1. The number of hydrogen-bond acceptors (Lipinski definition) is 3. The molecule has 110 valence electrons. The Kier molecular flexibility index (Phi) is 3.70. The number of nitrogens with one attached hydrogen (secondary N) is 1. The third kappa shape index (κ3) is 2.74. The highest BCUT2D eigenvalue weighted by atomic mass is 16.2. The number of nitrogens with zero attached hydrogens (tertiary/aromatic N) is 2. The van der Waals surface area contributed by atoms with Crippen LogP contribution in [0.4, 0.5) is 16.2 Å². The lowest BCUT2D eigenvalue weighted by Gasteiger charge is -2.18. The molecular formula is C17H15N3O2. The molecule has 2 aromatic rings. The van der Waals surface area contributed by atoms with Gasteiger partial charge < -0.3 is 0 Å². The first-order chi connectivity index (χ1) is 10.6. The molecule has 5 nitrogen and oxygen atoms in total. The summed E-state index contributed by atoms with van der Waals surface area (Å²) in [4.78, 5) is 29.7. The van der Waals surface area contributed by atoms with Gasteiger partial charge in [-0.1, -0.05) is 35.9 Å². The summed E-state index contributed by atoms with van der Waals surface area (Å²) in [6.45, 7) is 1.99. The lowest BCUT2D eigenvalue weighted by atomic mass is 10.2. The highest BCUT2D eigenvalue weighted by Crippen LogP contribution is 2.21. The highest BCUT2D eigenvalue weighted by molar-refractivity contribution is 6.21. The lowest BCUT2D eigenvalue weighted by molar-refractivity contribution is -0.118. The first-order valence-corrected chi connectivity index (χ1v) is 6.95. The molecule has 1 fully saturated rings. The van der Waals surface area contributed by atoms with E-state index in [9.17, 15) is 9.59 Å². The zero-order valence-electron chi connectivity index (χ0n) is 12.1. The number of carbonyl (C=O) groups excluding carboxylic acids is 2. The Labute approximate surface area is 128 Å². The van der Waals surface area contributed by atoms with Gasteiger partial charge in [0, 0.05) is 11.9 Å². The van der Waals surface area contributed by atoms with E-state index in [4.69, 9.17) is 0 Å². The normalized spacial score (nSPS) is 18.0. The standard InChI is InChI=1S/C17H15N3O2/c1-12-7-9-13(10-8-12)18-11-15-16(21)19-17(22)20(15)14-5-3-2-4-6-14/h2-11,15H,1H3,(H,19,21,22)/t15-/m1/s1. The number of rotatable bonds is 3. The van der Waals surface area contributed by atoms with Crippen molar-refractivity contribution < 1.29 is 9.59 Å². The van der Waals surface area contributed by atoms with Crippen molar-refractivity contribution in [1.29, 1.82) is 0 Å². The van der Waals surface area contributed by atoms with Gasteiger partial charge in [-0.15, -0.1) is 0 Å². The maximum Gasteiger partial charge on any atom is 0.329 e. The smallest absolute Gasteiger partial charge is 0.277 e. The minimum atomic E-state index is -0.740. The van der Waals surface area contributed by atoms with E-state index in [1.807, 2.05) is 49.4 Å². The van der Waals surface area contributed by atoms with Gasteiger partial charge in [0.1, 0.15) is 0 Å². The molecule has 1 N–H and O–H groups in total. The minimum absolute atomic E-state index is 0.371. The molecule has 1 aliphatic heterocycles. The van der Waals surface area contributed by atoms with Crippen molar-refractivity contribution in [3.8, 4) is 0 Å². The Morgan fingerprint density at radius 2 is 1.73 bits per heavy atom. The molecule has 1 heterocycles. The second-order valence-electron chi connectivity index (χ2n) is 5.06. The number of aryl methyl sites for hydroxylation is 1.